The van der Waals surface area contributed by atoms with Crippen molar-refractivity contribution in [3.8, 4) is 5.75 Å². The molecule has 126 valence electrons. The third-order valence-corrected chi connectivity index (χ3v) is 5.06. The lowest BCUT2D eigenvalue weighted by atomic mass is 9.87. The van der Waals surface area contributed by atoms with Gasteiger partial charge in [0.25, 0.3) is 0 Å². The van der Waals surface area contributed by atoms with Crippen molar-refractivity contribution in [2.45, 2.75) is 26.3 Å². The molecule has 2 saturated heterocycles. The molecule has 0 aromatic heterocycles. The van der Waals surface area contributed by atoms with Crippen molar-refractivity contribution < 1.29 is 9.47 Å². The van der Waals surface area contributed by atoms with Crippen LogP contribution in [-0.2, 0) is 11.3 Å². The Hall–Kier alpha value is -1.75. The lowest BCUT2D eigenvalue weighted by Gasteiger charge is -2.25. The highest BCUT2D eigenvalue weighted by molar-refractivity contribution is 5.80. The first-order valence-electron chi connectivity index (χ1n) is 8.33. The Labute approximate surface area is 138 Å². The Bertz CT molecular complexity index is 580. The number of likely N-dealkylation sites (tertiary alicyclic amines) is 1. The second-order valence-corrected chi connectivity index (χ2v) is 6.68. The minimum atomic E-state index is 0.352. The maximum Gasteiger partial charge on any atom is 0.193 e. The fraction of sp³-hybridized carbons (Fsp3) is 0.611. The van der Waals surface area contributed by atoms with Crippen LogP contribution in [0.15, 0.2) is 23.2 Å². The number of rotatable bonds is 3. The smallest absolute Gasteiger partial charge is 0.193 e. The first-order chi connectivity index (χ1) is 11.2. The van der Waals surface area contributed by atoms with Gasteiger partial charge in [0.15, 0.2) is 5.96 Å². The Morgan fingerprint density at radius 1 is 1.43 bits per heavy atom. The highest BCUT2D eigenvalue weighted by atomic mass is 16.5. The maximum absolute atomic E-state index is 5.61. The summed E-state index contributed by atoms with van der Waals surface area (Å²) < 4.78 is 11.0. The van der Waals surface area contributed by atoms with Crippen LogP contribution in [0.4, 0.5) is 0 Å². The first-order valence-corrected chi connectivity index (χ1v) is 8.33. The Balaban J connectivity index is 1.60. The van der Waals surface area contributed by atoms with Crippen LogP contribution in [0.2, 0.25) is 0 Å². The second kappa shape index (κ2) is 6.79. The number of aryl methyl sites for hydroxylation is 1. The number of ether oxygens (including phenoxy) is 2. The van der Waals surface area contributed by atoms with E-state index in [-0.39, 0.29) is 0 Å². The number of hydrogen-bond acceptors (Lipinski definition) is 3. The number of guanidine groups is 1. The van der Waals surface area contributed by atoms with E-state index < -0.39 is 0 Å². The molecule has 2 aliphatic rings. The molecule has 5 nitrogen and oxygen atoms in total. The molecule has 5 heteroatoms. The summed E-state index contributed by atoms with van der Waals surface area (Å²) in [4.78, 5) is 6.82. The van der Waals surface area contributed by atoms with E-state index >= 15 is 0 Å². The molecule has 1 spiro atoms. The Kier molecular flexibility index (Phi) is 4.76. The van der Waals surface area contributed by atoms with Crippen molar-refractivity contribution in [1.82, 2.24) is 10.2 Å². The van der Waals surface area contributed by atoms with E-state index in [1.54, 1.807) is 7.11 Å². The maximum atomic E-state index is 5.61. The quantitative estimate of drug-likeness (QED) is 0.686. The largest absolute Gasteiger partial charge is 0.496 e. The minimum absolute atomic E-state index is 0.352. The lowest BCUT2D eigenvalue weighted by molar-refractivity contribution is 0.156. The number of methoxy groups -OCH3 is 1. The van der Waals surface area contributed by atoms with Gasteiger partial charge in [-0.15, -0.1) is 0 Å². The van der Waals surface area contributed by atoms with Crippen LogP contribution in [0.5, 0.6) is 5.75 Å². The van der Waals surface area contributed by atoms with Gasteiger partial charge in [0.1, 0.15) is 5.75 Å². The van der Waals surface area contributed by atoms with Crippen molar-refractivity contribution in [3.05, 3.63) is 29.3 Å². The zero-order chi connectivity index (χ0) is 16.3. The van der Waals surface area contributed by atoms with Crippen molar-refractivity contribution in [3.63, 3.8) is 0 Å². The van der Waals surface area contributed by atoms with Crippen LogP contribution in [0.3, 0.4) is 0 Å². The number of nitrogens with one attached hydrogen (secondary N) is 1. The van der Waals surface area contributed by atoms with Gasteiger partial charge in [-0.3, -0.25) is 4.99 Å². The molecule has 3 rings (SSSR count). The first kappa shape index (κ1) is 16.1. The Morgan fingerprint density at radius 2 is 2.30 bits per heavy atom. The summed E-state index contributed by atoms with van der Waals surface area (Å²) in [6.45, 7) is 6.72. The molecule has 23 heavy (non-hydrogen) atoms. The highest BCUT2D eigenvalue weighted by Crippen LogP contribution is 2.38. The van der Waals surface area contributed by atoms with Crippen LogP contribution >= 0.6 is 0 Å². The van der Waals surface area contributed by atoms with Crippen LogP contribution < -0.4 is 10.1 Å². The Morgan fingerprint density at radius 3 is 3.00 bits per heavy atom. The summed E-state index contributed by atoms with van der Waals surface area (Å²) in [7, 11) is 3.57. The van der Waals surface area contributed by atoms with Gasteiger partial charge in [-0.25, -0.2) is 0 Å². The molecule has 0 saturated carbocycles. The number of nitrogens with zero attached hydrogens (tertiary/aromatic N) is 2. The lowest BCUT2D eigenvalue weighted by Crippen LogP contribution is -2.41. The van der Waals surface area contributed by atoms with Crippen LogP contribution in [0.1, 0.15) is 24.0 Å². The van der Waals surface area contributed by atoms with E-state index in [2.05, 4.69) is 40.3 Å². The second-order valence-electron chi connectivity index (χ2n) is 6.68. The molecule has 1 aromatic carbocycles. The van der Waals surface area contributed by atoms with Gasteiger partial charge in [0, 0.05) is 38.7 Å². The summed E-state index contributed by atoms with van der Waals surface area (Å²) in [6, 6.07) is 6.32. The monoisotopic (exact) mass is 317 g/mol. The van der Waals surface area contributed by atoms with E-state index in [1.165, 1.54) is 18.4 Å². The fourth-order valence-corrected chi connectivity index (χ4v) is 3.58. The van der Waals surface area contributed by atoms with E-state index in [9.17, 15) is 0 Å². The summed E-state index contributed by atoms with van der Waals surface area (Å²) in [6.07, 6.45) is 2.38. The van der Waals surface area contributed by atoms with Gasteiger partial charge in [0.2, 0.25) is 0 Å². The molecular formula is C18H27N3O2. The average molecular weight is 317 g/mol. The third kappa shape index (κ3) is 3.44. The van der Waals surface area contributed by atoms with E-state index in [0.717, 1.165) is 50.1 Å². The normalized spacial score (nSPS) is 24.5. The predicted octanol–water partition coefficient (Wildman–Crippen LogP) is 2.19. The summed E-state index contributed by atoms with van der Waals surface area (Å²) in [5.74, 6) is 1.91. The van der Waals surface area contributed by atoms with Gasteiger partial charge >= 0.3 is 0 Å². The SMILES string of the molecule is CN=C(NCc1ccc(C)c(OC)c1)N1CCC2(CCOC2)C1. The minimum Gasteiger partial charge on any atom is -0.496 e. The molecule has 0 radical (unpaired) electrons. The van der Waals surface area contributed by atoms with Crippen molar-refractivity contribution in [2.75, 3.05) is 40.5 Å². The predicted molar refractivity (Wildman–Crippen MR) is 92.0 cm³/mol. The van der Waals surface area contributed by atoms with Crippen molar-refractivity contribution in [2.24, 2.45) is 10.4 Å². The third-order valence-electron chi connectivity index (χ3n) is 5.06. The van der Waals surface area contributed by atoms with Crippen LogP contribution in [0.25, 0.3) is 0 Å². The number of benzene rings is 1. The molecule has 2 heterocycles. The van der Waals surface area contributed by atoms with Gasteiger partial charge < -0.3 is 19.7 Å². The van der Waals surface area contributed by atoms with Gasteiger partial charge in [-0.1, -0.05) is 12.1 Å². The van der Waals surface area contributed by atoms with Gasteiger partial charge in [0.05, 0.1) is 13.7 Å². The molecule has 0 amide bonds. The molecule has 1 atom stereocenters. The van der Waals surface area contributed by atoms with Crippen molar-refractivity contribution >= 4 is 5.96 Å². The topological polar surface area (TPSA) is 46.1 Å². The summed E-state index contributed by atoms with van der Waals surface area (Å²) in [5, 5.41) is 3.48. The molecule has 0 bridgehead atoms. The average Bonchev–Trinajstić information content (AvgIpc) is 3.20. The van der Waals surface area contributed by atoms with Crippen molar-refractivity contribution in [1.29, 1.82) is 0 Å². The summed E-state index contributed by atoms with van der Waals surface area (Å²) in [5.41, 5.74) is 2.71. The van der Waals surface area contributed by atoms with E-state index in [4.69, 9.17) is 9.47 Å². The number of aliphatic imine (C=N–C) groups is 1. The van der Waals surface area contributed by atoms with Gasteiger partial charge in [-0.2, -0.15) is 0 Å². The van der Waals surface area contributed by atoms with E-state index in [1.807, 2.05) is 7.05 Å². The van der Waals surface area contributed by atoms with Crippen LogP contribution in [0, 0.1) is 12.3 Å². The molecule has 2 aliphatic heterocycles. The van der Waals surface area contributed by atoms with Crippen LogP contribution in [-0.4, -0.2) is 51.3 Å². The molecule has 0 aliphatic carbocycles. The molecule has 2 fully saturated rings. The van der Waals surface area contributed by atoms with Gasteiger partial charge in [-0.05, 0) is 37.0 Å². The molecular weight excluding hydrogens is 290 g/mol. The standard InChI is InChI=1S/C18H27N3O2/c1-14-4-5-15(10-16(14)22-3)11-20-17(19-2)21-8-6-18(12-21)7-9-23-13-18/h4-5,10H,6-9,11-13H2,1-3H3,(H,19,20). The highest BCUT2D eigenvalue weighted by Gasteiger charge is 2.42. The molecule has 1 N–H and O–H groups in total. The summed E-state index contributed by atoms with van der Waals surface area (Å²) >= 11 is 0. The zero-order valence-electron chi connectivity index (χ0n) is 14.4. The van der Waals surface area contributed by atoms with E-state index in [0.29, 0.717) is 5.41 Å². The fourth-order valence-electron chi connectivity index (χ4n) is 3.58. The molecule has 1 unspecified atom stereocenters. The zero-order valence-corrected chi connectivity index (χ0v) is 14.4. The molecule has 1 aromatic rings. The number of hydrogen-bond donors (Lipinski definition) is 1.